The number of nitro groups is 1. The Hall–Kier alpha value is -2.01. The molecule has 2 aromatic rings. The Morgan fingerprint density at radius 1 is 1.24 bits per heavy atom. The number of hydrogen-bond acceptors (Lipinski definition) is 4. The first-order chi connectivity index (χ1) is 10.1. The van der Waals surface area contributed by atoms with Crippen LogP contribution in [-0.2, 0) is 0 Å². The second-order valence-electron chi connectivity index (χ2n) is 5.26. The SMILES string of the molecule is Cc1cc([N+](=O)[O-])c(C)cc1NC1CSc2ccccc21. The lowest BCUT2D eigenvalue weighted by Crippen LogP contribution is -2.11. The summed E-state index contributed by atoms with van der Waals surface area (Å²) in [6, 6.07) is 12.1. The quantitative estimate of drug-likeness (QED) is 0.671. The zero-order valence-corrected chi connectivity index (χ0v) is 12.7. The molecule has 0 bridgehead atoms. The van der Waals surface area contributed by atoms with E-state index in [0.29, 0.717) is 5.56 Å². The van der Waals surface area contributed by atoms with Crippen molar-refractivity contribution in [2.45, 2.75) is 24.8 Å². The van der Waals surface area contributed by atoms with E-state index in [1.54, 1.807) is 13.0 Å². The molecule has 0 saturated heterocycles. The zero-order chi connectivity index (χ0) is 15.0. The molecule has 0 spiro atoms. The second kappa shape index (κ2) is 5.41. The van der Waals surface area contributed by atoms with Crippen LogP contribution in [0.4, 0.5) is 11.4 Å². The van der Waals surface area contributed by atoms with Crippen LogP contribution in [0.2, 0.25) is 0 Å². The first-order valence-corrected chi connectivity index (χ1v) is 7.78. The summed E-state index contributed by atoms with van der Waals surface area (Å²) < 4.78 is 0. The number of aryl methyl sites for hydroxylation is 2. The van der Waals surface area contributed by atoms with Gasteiger partial charge in [-0.05, 0) is 37.1 Å². The fourth-order valence-electron chi connectivity index (χ4n) is 2.62. The van der Waals surface area contributed by atoms with E-state index in [-0.39, 0.29) is 16.7 Å². The third-order valence-electron chi connectivity index (χ3n) is 3.77. The van der Waals surface area contributed by atoms with Gasteiger partial charge in [-0.15, -0.1) is 11.8 Å². The summed E-state index contributed by atoms with van der Waals surface area (Å²) in [4.78, 5) is 12.0. The molecule has 0 amide bonds. The molecule has 1 unspecified atom stereocenters. The molecule has 1 aliphatic rings. The number of anilines is 1. The Morgan fingerprint density at radius 3 is 2.76 bits per heavy atom. The topological polar surface area (TPSA) is 55.2 Å². The number of rotatable bonds is 3. The van der Waals surface area contributed by atoms with Crippen LogP contribution in [0.15, 0.2) is 41.3 Å². The van der Waals surface area contributed by atoms with E-state index in [1.165, 1.54) is 10.5 Å². The third-order valence-corrected chi connectivity index (χ3v) is 4.95. The van der Waals surface area contributed by atoms with Gasteiger partial charge in [0.25, 0.3) is 5.69 Å². The molecule has 21 heavy (non-hydrogen) atoms. The van der Waals surface area contributed by atoms with Gasteiger partial charge in [0.15, 0.2) is 0 Å². The highest BCUT2D eigenvalue weighted by Crippen LogP contribution is 2.40. The van der Waals surface area contributed by atoms with Crippen molar-refractivity contribution in [2.75, 3.05) is 11.1 Å². The molecule has 1 N–H and O–H groups in total. The van der Waals surface area contributed by atoms with Gasteiger partial charge in [-0.25, -0.2) is 0 Å². The van der Waals surface area contributed by atoms with Crippen LogP contribution < -0.4 is 5.32 Å². The largest absolute Gasteiger partial charge is 0.377 e. The maximum atomic E-state index is 11.0. The van der Waals surface area contributed by atoms with E-state index in [0.717, 1.165) is 17.0 Å². The van der Waals surface area contributed by atoms with Crippen LogP contribution in [0.25, 0.3) is 0 Å². The highest BCUT2D eigenvalue weighted by atomic mass is 32.2. The molecule has 5 heteroatoms. The number of nitro benzene ring substituents is 1. The van der Waals surface area contributed by atoms with Crippen molar-refractivity contribution < 1.29 is 4.92 Å². The Kier molecular flexibility index (Phi) is 3.59. The van der Waals surface area contributed by atoms with Crippen molar-refractivity contribution in [3.8, 4) is 0 Å². The van der Waals surface area contributed by atoms with Crippen LogP contribution in [0, 0.1) is 24.0 Å². The minimum atomic E-state index is -0.327. The molecular weight excluding hydrogens is 284 g/mol. The van der Waals surface area contributed by atoms with Gasteiger partial charge in [-0.2, -0.15) is 0 Å². The van der Waals surface area contributed by atoms with Gasteiger partial charge in [0.2, 0.25) is 0 Å². The van der Waals surface area contributed by atoms with Crippen molar-refractivity contribution in [3.63, 3.8) is 0 Å². The van der Waals surface area contributed by atoms with Crippen molar-refractivity contribution in [2.24, 2.45) is 0 Å². The number of benzene rings is 2. The second-order valence-corrected chi connectivity index (χ2v) is 6.32. The van der Waals surface area contributed by atoms with Crippen LogP contribution in [0.5, 0.6) is 0 Å². The van der Waals surface area contributed by atoms with Crippen LogP contribution in [0.1, 0.15) is 22.7 Å². The lowest BCUT2D eigenvalue weighted by Gasteiger charge is -2.17. The van der Waals surface area contributed by atoms with Crippen molar-refractivity contribution in [1.82, 2.24) is 0 Å². The molecule has 0 saturated carbocycles. The maximum absolute atomic E-state index is 11.0. The molecule has 2 aromatic carbocycles. The predicted octanol–water partition coefficient (Wildman–Crippen LogP) is 4.47. The predicted molar refractivity (Wildman–Crippen MR) is 86.1 cm³/mol. The molecule has 108 valence electrons. The van der Waals surface area contributed by atoms with E-state index in [1.807, 2.05) is 30.8 Å². The fraction of sp³-hybridized carbons (Fsp3) is 0.250. The number of hydrogen-bond donors (Lipinski definition) is 1. The lowest BCUT2D eigenvalue weighted by atomic mass is 10.1. The summed E-state index contributed by atoms with van der Waals surface area (Å²) in [6.07, 6.45) is 0. The molecule has 3 rings (SSSR count). The average Bonchev–Trinajstić information content (AvgIpc) is 2.85. The molecule has 1 atom stereocenters. The molecule has 1 aliphatic heterocycles. The number of thioether (sulfide) groups is 1. The van der Waals surface area contributed by atoms with Gasteiger partial charge in [0.05, 0.1) is 11.0 Å². The minimum absolute atomic E-state index is 0.180. The van der Waals surface area contributed by atoms with E-state index < -0.39 is 0 Å². The van der Waals surface area contributed by atoms with Crippen LogP contribution in [-0.4, -0.2) is 10.7 Å². The smallest absolute Gasteiger partial charge is 0.272 e. The molecule has 0 radical (unpaired) electrons. The zero-order valence-electron chi connectivity index (χ0n) is 11.9. The molecular formula is C16H16N2O2S. The Bertz CT molecular complexity index is 715. The normalized spacial score (nSPS) is 16.6. The van der Waals surface area contributed by atoms with Gasteiger partial charge in [-0.3, -0.25) is 10.1 Å². The average molecular weight is 300 g/mol. The van der Waals surface area contributed by atoms with E-state index in [2.05, 4.69) is 23.5 Å². The van der Waals surface area contributed by atoms with Crippen molar-refractivity contribution in [3.05, 3.63) is 63.2 Å². The number of fused-ring (bicyclic) bond motifs is 1. The number of nitrogens with zero attached hydrogens (tertiary/aromatic N) is 1. The van der Waals surface area contributed by atoms with Gasteiger partial charge in [0, 0.05) is 28.0 Å². The molecule has 0 aliphatic carbocycles. The highest BCUT2D eigenvalue weighted by molar-refractivity contribution is 7.99. The lowest BCUT2D eigenvalue weighted by molar-refractivity contribution is -0.385. The molecule has 1 heterocycles. The summed E-state index contributed by atoms with van der Waals surface area (Å²) in [5.74, 6) is 0.981. The summed E-state index contributed by atoms with van der Waals surface area (Å²) in [7, 11) is 0. The summed E-state index contributed by atoms with van der Waals surface area (Å²) >= 11 is 1.84. The Morgan fingerprint density at radius 2 is 2.00 bits per heavy atom. The Balaban J connectivity index is 1.90. The van der Waals surface area contributed by atoms with Gasteiger partial charge < -0.3 is 5.32 Å². The Labute approximate surface area is 127 Å². The van der Waals surface area contributed by atoms with Crippen LogP contribution in [0.3, 0.4) is 0 Å². The standard InChI is InChI=1S/C16H16N2O2S/c1-10-8-15(18(19)20)11(2)7-13(10)17-14-9-21-16-6-4-3-5-12(14)16/h3-8,14,17H,9H2,1-2H3. The van der Waals surface area contributed by atoms with Gasteiger partial charge in [-0.1, -0.05) is 18.2 Å². The minimum Gasteiger partial charge on any atom is -0.377 e. The van der Waals surface area contributed by atoms with Gasteiger partial charge >= 0.3 is 0 Å². The van der Waals surface area contributed by atoms with E-state index in [4.69, 9.17) is 0 Å². The van der Waals surface area contributed by atoms with E-state index in [9.17, 15) is 10.1 Å². The van der Waals surface area contributed by atoms with Crippen molar-refractivity contribution >= 4 is 23.1 Å². The summed E-state index contributed by atoms with van der Waals surface area (Å²) in [6.45, 7) is 3.68. The first-order valence-electron chi connectivity index (χ1n) is 6.80. The third kappa shape index (κ3) is 2.61. The monoisotopic (exact) mass is 300 g/mol. The highest BCUT2D eigenvalue weighted by Gasteiger charge is 2.23. The molecule has 0 aromatic heterocycles. The first kappa shape index (κ1) is 13.9. The summed E-state index contributed by atoms with van der Waals surface area (Å²) in [5.41, 5.74) is 4.05. The van der Waals surface area contributed by atoms with Crippen LogP contribution >= 0.6 is 11.8 Å². The molecule has 4 nitrogen and oxygen atoms in total. The van der Waals surface area contributed by atoms with Gasteiger partial charge in [0.1, 0.15) is 0 Å². The summed E-state index contributed by atoms with van der Waals surface area (Å²) in [5, 5.41) is 14.5. The van der Waals surface area contributed by atoms with Crippen molar-refractivity contribution in [1.29, 1.82) is 0 Å². The van der Waals surface area contributed by atoms with E-state index >= 15 is 0 Å². The molecule has 0 fully saturated rings. The fourth-order valence-corrected chi connectivity index (χ4v) is 3.78. The maximum Gasteiger partial charge on any atom is 0.272 e. The number of nitrogens with one attached hydrogen (secondary N) is 1.